The Bertz CT molecular complexity index is 579. The molecule has 0 saturated heterocycles. The van der Waals surface area contributed by atoms with Crippen LogP contribution in [0.2, 0.25) is 0 Å². The van der Waals surface area contributed by atoms with E-state index in [1.54, 1.807) is 12.3 Å². The van der Waals surface area contributed by atoms with Crippen LogP contribution in [-0.2, 0) is 0 Å². The second-order valence-electron chi connectivity index (χ2n) is 5.26. The van der Waals surface area contributed by atoms with Crippen LogP contribution in [0.5, 0.6) is 0 Å². The van der Waals surface area contributed by atoms with E-state index in [1.165, 1.54) is 30.9 Å². The average molecular weight is 271 g/mol. The molecular formula is C16H18FN3. The molecule has 3 N–H and O–H groups in total. The normalized spacial score (nSPS) is 16.7. The van der Waals surface area contributed by atoms with Crippen molar-refractivity contribution in [1.82, 2.24) is 10.4 Å². The highest BCUT2D eigenvalue weighted by Gasteiger charge is 2.21. The van der Waals surface area contributed by atoms with Gasteiger partial charge in [-0.2, -0.15) is 0 Å². The predicted molar refractivity (Wildman–Crippen MR) is 76.4 cm³/mol. The number of halogens is 1. The van der Waals surface area contributed by atoms with Crippen LogP contribution in [0, 0.1) is 5.82 Å². The minimum absolute atomic E-state index is 0.325. The first-order chi connectivity index (χ1) is 9.79. The van der Waals surface area contributed by atoms with Gasteiger partial charge in [-0.05, 0) is 42.0 Å². The van der Waals surface area contributed by atoms with Crippen LogP contribution >= 0.6 is 0 Å². The molecule has 1 saturated carbocycles. The summed E-state index contributed by atoms with van der Waals surface area (Å²) < 4.78 is 13.8. The number of hydrogen-bond donors (Lipinski definition) is 2. The fourth-order valence-corrected chi connectivity index (χ4v) is 2.65. The number of nitrogens with zero attached hydrogens (tertiary/aromatic N) is 1. The molecule has 3 nitrogen and oxygen atoms in total. The Morgan fingerprint density at radius 1 is 1.20 bits per heavy atom. The summed E-state index contributed by atoms with van der Waals surface area (Å²) in [5, 5.41) is 0. The second-order valence-corrected chi connectivity index (χ2v) is 5.26. The predicted octanol–water partition coefficient (Wildman–Crippen LogP) is 3.04. The van der Waals surface area contributed by atoms with Gasteiger partial charge in [-0.25, -0.2) is 9.82 Å². The topological polar surface area (TPSA) is 50.9 Å². The fourth-order valence-electron chi connectivity index (χ4n) is 2.65. The molecule has 0 radical (unpaired) electrons. The highest BCUT2D eigenvalue weighted by atomic mass is 19.1. The van der Waals surface area contributed by atoms with Crippen molar-refractivity contribution in [2.24, 2.45) is 5.84 Å². The molecule has 0 aliphatic heterocycles. The molecule has 20 heavy (non-hydrogen) atoms. The summed E-state index contributed by atoms with van der Waals surface area (Å²) in [6.07, 6.45) is 5.43. The number of hydrazine groups is 1. The Balaban J connectivity index is 1.87. The Morgan fingerprint density at radius 3 is 2.50 bits per heavy atom. The molecule has 104 valence electrons. The van der Waals surface area contributed by atoms with Crippen molar-refractivity contribution in [2.45, 2.75) is 31.2 Å². The van der Waals surface area contributed by atoms with Crippen LogP contribution in [0.4, 0.5) is 4.39 Å². The lowest BCUT2D eigenvalue weighted by atomic mass is 9.80. The average Bonchev–Trinajstić information content (AvgIpc) is 2.41. The lowest BCUT2D eigenvalue weighted by Crippen LogP contribution is -2.30. The number of aromatic nitrogens is 1. The van der Waals surface area contributed by atoms with E-state index < -0.39 is 6.04 Å². The summed E-state index contributed by atoms with van der Waals surface area (Å²) in [5.41, 5.74) is 5.26. The fraction of sp³-hybridized carbons (Fsp3) is 0.312. The Kier molecular flexibility index (Phi) is 3.76. The van der Waals surface area contributed by atoms with Crippen molar-refractivity contribution >= 4 is 0 Å². The standard InChI is InChI=1S/C16H18FN3/c17-14-5-2-10-19-16(14)15(20-18)13-8-6-12(7-9-13)11-3-1-4-11/h2,5-11,15,20H,1,3-4,18H2. The minimum Gasteiger partial charge on any atom is -0.271 e. The zero-order valence-corrected chi connectivity index (χ0v) is 11.2. The number of hydrogen-bond acceptors (Lipinski definition) is 3. The van der Waals surface area contributed by atoms with Crippen molar-refractivity contribution in [3.63, 3.8) is 0 Å². The monoisotopic (exact) mass is 271 g/mol. The maximum absolute atomic E-state index is 13.8. The summed E-state index contributed by atoms with van der Waals surface area (Å²) in [6.45, 7) is 0. The van der Waals surface area contributed by atoms with Gasteiger partial charge < -0.3 is 0 Å². The number of nitrogens with one attached hydrogen (secondary N) is 1. The molecule has 1 aromatic carbocycles. The molecule has 1 fully saturated rings. The summed E-state index contributed by atoms with van der Waals surface area (Å²) in [4.78, 5) is 4.09. The number of nitrogens with two attached hydrogens (primary N) is 1. The quantitative estimate of drug-likeness (QED) is 0.664. The van der Waals surface area contributed by atoms with E-state index in [4.69, 9.17) is 5.84 Å². The Labute approximate surface area is 118 Å². The number of benzene rings is 1. The molecule has 0 bridgehead atoms. The molecule has 1 atom stereocenters. The third kappa shape index (κ3) is 2.44. The first-order valence-electron chi connectivity index (χ1n) is 6.96. The summed E-state index contributed by atoms with van der Waals surface area (Å²) >= 11 is 0. The SMILES string of the molecule is NNC(c1ccc(C2CCC2)cc1)c1ncccc1F. The van der Waals surface area contributed by atoms with Crippen LogP contribution in [0.3, 0.4) is 0 Å². The van der Waals surface area contributed by atoms with E-state index >= 15 is 0 Å². The largest absolute Gasteiger partial charge is 0.271 e. The molecule has 4 heteroatoms. The van der Waals surface area contributed by atoms with Crippen molar-refractivity contribution in [2.75, 3.05) is 0 Å². The summed E-state index contributed by atoms with van der Waals surface area (Å²) in [6, 6.07) is 10.8. The molecule has 0 spiro atoms. The first kappa shape index (κ1) is 13.2. The van der Waals surface area contributed by atoms with Gasteiger partial charge in [-0.3, -0.25) is 10.8 Å². The number of pyridine rings is 1. The minimum atomic E-state index is -0.424. The zero-order valence-electron chi connectivity index (χ0n) is 11.2. The van der Waals surface area contributed by atoms with Gasteiger partial charge in [0.15, 0.2) is 0 Å². The third-order valence-electron chi connectivity index (χ3n) is 4.07. The van der Waals surface area contributed by atoms with Gasteiger partial charge in [0.2, 0.25) is 0 Å². The van der Waals surface area contributed by atoms with E-state index in [9.17, 15) is 4.39 Å². The summed E-state index contributed by atoms with van der Waals surface area (Å²) in [5.74, 6) is 5.93. The molecule has 3 rings (SSSR count). The lowest BCUT2D eigenvalue weighted by molar-refractivity contribution is 0.419. The molecule has 1 unspecified atom stereocenters. The lowest BCUT2D eigenvalue weighted by Gasteiger charge is -2.26. The molecule has 2 aromatic rings. The molecule has 1 aliphatic rings. The van der Waals surface area contributed by atoms with Crippen molar-refractivity contribution in [1.29, 1.82) is 0 Å². The van der Waals surface area contributed by atoms with Crippen LogP contribution in [-0.4, -0.2) is 4.98 Å². The van der Waals surface area contributed by atoms with Gasteiger partial charge in [-0.1, -0.05) is 30.7 Å². The first-order valence-corrected chi connectivity index (χ1v) is 6.96. The van der Waals surface area contributed by atoms with E-state index in [0.717, 1.165) is 5.56 Å². The Hall–Kier alpha value is -1.78. The highest BCUT2D eigenvalue weighted by Crippen LogP contribution is 2.36. The van der Waals surface area contributed by atoms with Crippen molar-refractivity contribution < 1.29 is 4.39 Å². The van der Waals surface area contributed by atoms with E-state index in [2.05, 4.69) is 22.5 Å². The zero-order chi connectivity index (χ0) is 13.9. The van der Waals surface area contributed by atoms with Crippen molar-refractivity contribution in [3.05, 3.63) is 65.2 Å². The van der Waals surface area contributed by atoms with E-state index in [1.807, 2.05) is 12.1 Å². The molecular weight excluding hydrogens is 253 g/mol. The summed E-state index contributed by atoms with van der Waals surface area (Å²) in [7, 11) is 0. The molecule has 0 amide bonds. The second kappa shape index (κ2) is 5.69. The molecule has 1 aliphatic carbocycles. The van der Waals surface area contributed by atoms with Crippen LogP contribution in [0.1, 0.15) is 48.0 Å². The van der Waals surface area contributed by atoms with E-state index in [-0.39, 0.29) is 5.82 Å². The molecule has 1 heterocycles. The third-order valence-corrected chi connectivity index (χ3v) is 4.07. The van der Waals surface area contributed by atoms with Crippen molar-refractivity contribution in [3.8, 4) is 0 Å². The number of rotatable bonds is 4. The van der Waals surface area contributed by atoms with Gasteiger partial charge in [0.1, 0.15) is 5.82 Å². The van der Waals surface area contributed by atoms with Crippen LogP contribution in [0.25, 0.3) is 0 Å². The highest BCUT2D eigenvalue weighted by molar-refractivity contribution is 5.32. The maximum atomic E-state index is 13.8. The van der Waals surface area contributed by atoms with Gasteiger partial charge in [0.25, 0.3) is 0 Å². The van der Waals surface area contributed by atoms with Crippen LogP contribution in [0.15, 0.2) is 42.6 Å². The van der Waals surface area contributed by atoms with Gasteiger partial charge in [0, 0.05) is 6.20 Å². The van der Waals surface area contributed by atoms with Gasteiger partial charge in [0.05, 0.1) is 11.7 Å². The van der Waals surface area contributed by atoms with Gasteiger partial charge in [-0.15, -0.1) is 0 Å². The van der Waals surface area contributed by atoms with Crippen LogP contribution < -0.4 is 11.3 Å². The van der Waals surface area contributed by atoms with E-state index in [0.29, 0.717) is 11.6 Å². The smallest absolute Gasteiger partial charge is 0.146 e. The van der Waals surface area contributed by atoms with Gasteiger partial charge >= 0.3 is 0 Å². The molecule has 1 aromatic heterocycles. The maximum Gasteiger partial charge on any atom is 0.146 e. The Morgan fingerprint density at radius 2 is 1.95 bits per heavy atom.